The van der Waals surface area contributed by atoms with Crippen LogP contribution in [0, 0.1) is 11.7 Å². The minimum Gasteiger partial charge on any atom is -0.467 e. The van der Waals surface area contributed by atoms with Gasteiger partial charge < -0.3 is 10.1 Å². The average molecular weight is 338 g/mol. The summed E-state index contributed by atoms with van der Waals surface area (Å²) in [7, 11) is 1.31. The minimum atomic E-state index is -0.643. The zero-order chi connectivity index (χ0) is 18.1. The zero-order valence-electron chi connectivity index (χ0n) is 14.8. The number of ether oxygens (including phenoxy) is 1. The molecule has 134 valence electrons. The molecule has 0 aliphatic carbocycles. The van der Waals surface area contributed by atoms with Crippen LogP contribution < -0.4 is 5.32 Å². The lowest BCUT2D eigenvalue weighted by atomic mass is 10.0. The van der Waals surface area contributed by atoms with Crippen molar-refractivity contribution in [3.63, 3.8) is 0 Å². The van der Waals surface area contributed by atoms with Crippen LogP contribution >= 0.6 is 0 Å². The van der Waals surface area contributed by atoms with Crippen molar-refractivity contribution in [3.8, 4) is 0 Å². The van der Waals surface area contributed by atoms with Crippen LogP contribution in [-0.4, -0.2) is 43.0 Å². The van der Waals surface area contributed by atoms with Crippen molar-refractivity contribution in [1.29, 1.82) is 0 Å². The second-order valence-electron chi connectivity index (χ2n) is 6.21. The van der Waals surface area contributed by atoms with Crippen LogP contribution in [0.2, 0.25) is 0 Å². The highest BCUT2D eigenvalue weighted by molar-refractivity contribution is 5.85. The predicted molar refractivity (Wildman–Crippen MR) is 90.8 cm³/mol. The largest absolute Gasteiger partial charge is 0.467 e. The van der Waals surface area contributed by atoms with Gasteiger partial charge in [0.1, 0.15) is 11.9 Å². The van der Waals surface area contributed by atoms with Gasteiger partial charge >= 0.3 is 5.97 Å². The van der Waals surface area contributed by atoms with Gasteiger partial charge in [-0.25, -0.2) is 9.18 Å². The first-order valence-electron chi connectivity index (χ1n) is 8.19. The molecule has 0 fully saturated rings. The molecule has 1 amide bonds. The summed E-state index contributed by atoms with van der Waals surface area (Å²) in [5.41, 5.74) is 0.802. The number of nitrogens with zero attached hydrogens (tertiary/aromatic N) is 1. The van der Waals surface area contributed by atoms with Gasteiger partial charge in [0.15, 0.2) is 0 Å². The van der Waals surface area contributed by atoms with Gasteiger partial charge in [0.25, 0.3) is 0 Å². The second kappa shape index (κ2) is 10.0. The quantitative estimate of drug-likeness (QED) is 0.702. The van der Waals surface area contributed by atoms with Crippen LogP contribution in [0.15, 0.2) is 24.3 Å². The Balaban J connectivity index is 2.63. The molecule has 0 heterocycles. The molecule has 0 bridgehead atoms. The Kier molecular flexibility index (Phi) is 8.40. The van der Waals surface area contributed by atoms with E-state index in [1.54, 1.807) is 6.07 Å². The number of hydrogen-bond donors (Lipinski definition) is 1. The molecule has 1 aromatic carbocycles. The second-order valence-corrected chi connectivity index (χ2v) is 6.21. The van der Waals surface area contributed by atoms with E-state index in [0.29, 0.717) is 19.5 Å². The Labute approximate surface area is 143 Å². The minimum absolute atomic E-state index is 0.138. The first kappa shape index (κ1) is 20.1. The first-order chi connectivity index (χ1) is 11.3. The molecule has 1 N–H and O–H groups in total. The third-order valence-electron chi connectivity index (χ3n) is 3.64. The van der Waals surface area contributed by atoms with Crippen molar-refractivity contribution < 1.29 is 18.7 Å². The van der Waals surface area contributed by atoms with Crippen molar-refractivity contribution in [2.75, 3.05) is 20.2 Å². The van der Waals surface area contributed by atoms with Gasteiger partial charge in [-0.2, -0.15) is 0 Å². The van der Waals surface area contributed by atoms with Crippen LogP contribution in [0.4, 0.5) is 4.39 Å². The van der Waals surface area contributed by atoms with E-state index < -0.39 is 12.0 Å². The lowest BCUT2D eigenvalue weighted by Crippen LogP contribution is -2.46. The van der Waals surface area contributed by atoms with Gasteiger partial charge in [0.05, 0.1) is 13.7 Å². The molecular formula is C18H27FN2O3. The summed E-state index contributed by atoms with van der Waals surface area (Å²) < 4.78 is 18.0. The number of carbonyl (C=O) groups is 2. The van der Waals surface area contributed by atoms with Gasteiger partial charge in [-0.15, -0.1) is 0 Å². The van der Waals surface area contributed by atoms with Crippen LogP contribution in [0.5, 0.6) is 0 Å². The molecule has 0 aliphatic heterocycles. The van der Waals surface area contributed by atoms with Crippen LogP contribution in [0.1, 0.15) is 32.8 Å². The fourth-order valence-corrected chi connectivity index (χ4v) is 2.44. The monoisotopic (exact) mass is 338 g/mol. The highest BCUT2D eigenvalue weighted by Gasteiger charge is 2.23. The van der Waals surface area contributed by atoms with Crippen molar-refractivity contribution in [2.45, 2.75) is 39.8 Å². The molecule has 1 atom stereocenters. The number of nitrogens with one attached hydrogen (secondary N) is 1. The van der Waals surface area contributed by atoms with E-state index in [9.17, 15) is 14.0 Å². The van der Waals surface area contributed by atoms with Gasteiger partial charge in [0, 0.05) is 6.54 Å². The summed E-state index contributed by atoms with van der Waals surface area (Å²) in [6.07, 6.45) is 0.522. The molecule has 0 radical (unpaired) electrons. The number of esters is 1. The molecule has 24 heavy (non-hydrogen) atoms. The number of halogens is 1. The third-order valence-corrected chi connectivity index (χ3v) is 3.64. The lowest BCUT2D eigenvalue weighted by molar-refractivity contribution is -0.145. The van der Waals surface area contributed by atoms with Crippen LogP contribution in [-0.2, 0) is 20.9 Å². The summed E-state index contributed by atoms with van der Waals surface area (Å²) >= 11 is 0. The van der Waals surface area contributed by atoms with E-state index >= 15 is 0 Å². The maximum Gasteiger partial charge on any atom is 0.328 e. The normalized spacial score (nSPS) is 12.3. The van der Waals surface area contributed by atoms with E-state index in [-0.39, 0.29) is 24.2 Å². The number of amides is 1. The fourth-order valence-electron chi connectivity index (χ4n) is 2.44. The summed E-state index contributed by atoms with van der Waals surface area (Å²) in [5.74, 6) is -0.728. The molecule has 1 unspecified atom stereocenters. The third kappa shape index (κ3) is 7.08. The number of hydrogen-bond acceptors (Lipinski definition) is 4. The number of likely N-dealkylation sites (N-methyl/N-ethyl adjacent to an activating group) is 1. The Bertz CT molecular complexity index is 549. The molecule has 1 aromatic rings. The van der Waals surface area contributed by atoms with Crippen molar-refractivity contribution in [1.82, 2.24) is 10.2 Å². The van der Waals surface area contributed by atoms with E-state index in [0.717, 1.165) is 5.56 Å². The zero-order valence-corrected chi connectivity index (χ0v) is 14.8. The number of benzene rings is 1. The highest BCUT2D eigenvalue weighted by Crippen LogP contribution is 2.08. The van der Waals surface area contributed by atoms with Gasteiger partial charge in [0.2, 0.25) is 5.91 Å². The standard InChI is InChI=1S/C18H27FN2O3/c1-5-21(11-14-7-6-8-15(19)10-14)12-17(22)20-16(9-13(2)3)18(23)24-4/h6-8,10,13,16H,5,9,11-12H2,1-4H3,(H,20,22). The maximum absolute atomic E-state index is 13.3. The summed E-state index contributed by atoms with van der Waals surface area (Å²) in [6, 6.07) is 5.67. The molecule has 0 spiro atoms. The summed E-state index contributed by atoms with van der Waals surface area (Å²) in [4.78, 5) is 25.9. The van der Waals surface area contributed by atoms with E-state index in [4.69, 9.17) is 4.74 Å². The molecule has 6 heteroatoms. The molecule has 0 saturated heterocycles. The van der Waals surface area contributed by atoms with Crippen molar-refractivity contribution in [2.24, 2.45) is 5.92 Å². The van der Waals surface area contributed by atoms with E-state index in [1.165, 1.54) is 19.2 Å². The van der Waals surface area contributed by atoms with Crippen LogP contribution in [0.3, 0.4) is 0 Å². The lowest BCUT2D eigenvalue weighted by Gasteiger charge is -2.23. The Morgan fingerprint density at radius 3 is 2.58 bits per heavy atom. The van der Waals surface area contributed by atoms with E-state index in [1.807, 2.05) is 31.7 Å². The Morgan fingerprint density at radius 1 is 1.33 bits per heavy atom. The summed E-state index contributed by atoms with van der Waals surface area (Å²) in [5, 5.41) is 2.73. The smallest absolute Gasteiger partial charge is 0.328 e. The predicted octanol–water partition coefficient (Wildman–Crippen LogP) is 2.35. The summed E-state index contributed by atoms with van der Waals surface area (Å²) in [6.45, 7) is 7.12. The molecule has 0 aliphatic rings. The Hall–Kier alpha value is -1.95. The number of rotatable bonds is 9. The van der Waals surface area contributed by atoms with Gasteiger partial charge in [-0.3, -0.25) is 9.69 Å². The van der Waals surface area contributed by atoms with E-state index in [2.05, 4.69) is 5.32 Å². The van der Waals surface area contributed by atoms with Crippen LogP contribution in [0.25, 0.3) is 0 Å². The SMILES string of the molecule is CCN(CC(=O)NC(CC(C)C)C(=O)OC)Cc1cccc(F)c1. The molecule has 5 nitrogen and oxygen atoms in total. The van der Waals surface area contributed by atoms with Crippen molar-refractivity contribution >= 4 is 11.9 Å². The number of carbonyl (C=O) groups excluding carboxylic acids is 2. The fraction of sp³-hybridized carbons (Fsp3) is 0.556. The van der Waals surface area contributed by atoms with Gasteiger partial charge in [-0.05, 0) is 36.6 Å². The number of methoxy groups -OCH3 is 1. The molecular weight excluding hydrogens is 311 g/mol. The van der Waals surface area contributed by atoms with Crippen molar-refractivity contribution in [3.05, 3.63) is 35.6 Å². The maximum atomic E-state index is 13.3. The molecule has 0 saturated carbocycles. The Morgan fingerprint density at radius 2 is 2.04 bits per heavy atom. The average Bonchev–Trinajstić information content (AvgIpc) is 2.52. The topological polar surface area (TPSA) is 58.6 Å². The first-order valence-corrected chi connectivity index (χ1v) is 8.19. The highest BCUT2D eigenvalue weighted by atomic mass is 19.1. The molecule has 1 rings (SSSR count). The van der Waals surface area contributed by atoms with Gasteiger partial charge in [-0.1, -0.05) is 32.9 Å². The molecule has 0 aromatic heterocycles.